The van der Waals surface area contributed by atoms with Crippen LogP contribution in [0.4, 0.5) is 29.3 Å². The Balaban J connectivity index is 1.74. The van der Waals surface area contributed by atoms with E-state index >= 15 is 0 Å². The van der Waals surface area contributed by atoms with Crippen molar-refractivity contribution in [2.75, 3.05) is 10.6 Å². The third-order valence-corrected chi connectivity index (χ3v) is 4.09. The highest BCUT2D eigenvalue weighted by atomic mass is 19.4. The van der Waals surface area contributed by atoms with E-state index in [4.69, 9.17) is 0 Å². The van der Waals surface area contributed by atoms with E-state index in [2.05, 4.69) is 25.6 Å². The van der Waals surface area contributed by atoms with Crippen molar-refractivity contribution in [2.45, 2.75) is 26.9 Å². The topological polar surface area (TPSA) is 84.7 Å². The van der Waals surface area contributed by atoms with Gasteiger partial charge in [-0.15, -0.1) is 0 Å². The minimum Gasteiger partial charge on any atom is -0.307 e. The van der Waals surface area contributed by atoms with Crippen LogP contribution in [0.5, 0.6) is 0 Å². The van der Waals surface area contributed by atoms with Crippen molar-refractivity contribution in [3.05, 3.63) is 59.4 Å². The number of anilines is 2. The Morgan fingerprint density at radius 2 is 1.68 bits per heavy atom. The molecule has 0 radical (unpaired) electrons. The van der Waals surface area contributed by atoms with Crippen molar-refractivity contribution in [3.8, 4) is 5.95 Å². The lowest BCUT2D eigenvalue weighted by Crippen LogP contribution is -2.22. The van der Waals surface area contributed by atoms with Crippen molar-refractivity contribution in [1.29, 1.82) is 0 Å². The van der Waals surface area contributed by atoms with E-state index in [9.17, 15) is 18.0 Å². The van der Waals surface area contributed by atoms with E-state index in [1.807, 2.05) is 20.8 Å². The van der Waals surface area contributed by atoms with Crippen LogP contribution in [0, 0.1) is 20.8 Å². The SMILES string of the molecule is Cc1nc(C)n(-c2ncc(NC(=O)Nc3ccccc3C(F)(F)F)cn2)c1C. The zero-order valence-electron chi connectivity index (χ0n) is 15.3. The number of carbonyl (C=O) groups excluding carboxylic acids is 1. The van der Waals surface area contributed by atoms with Crippen LogP contribution >= 0.6 is 0 Å². The molecule has 0 saturated heterocycles. The number of hydrogen-bond donors (Lipinski definition) is 2. The predicted molar refractivity (Wildman–Crippen MR) is 97.5 cm³/mol. The lowest BCUT2D eigenvalue weighted by atomic mass is 10.1. The molecule has 10 heteroatoms. The molecule has 1 aromatic carbocycles. The first-order chi connectivity index (χ1) is 13.2. The molecule has 0 aliphatic rings. The number of aromatic nitrogens is 4. The summed E-state index contributed by atoms with van der Waals surface area (Å²) in [6.07, 6.45) is -1.84. The number of benzene rings is 1. The van der Waals surface area contributed by atoms with Crippen LogP contribution in [-0.4, -0.2) is 25.6 Å². The molecule has 0 aliphatic heterocycles. The highest BCUT2D eigenvalue weighted by Gasteiger charge is 2.33. The van der Waals surface area contributed by atoms with E-state index < -0.39 is 17.8 Å². The molecule has 0 bridgehead atoms. The number of hydrogen-bond acceptors (Lipinski definition) is 4. The van der Waals surface area contributed by atoms with Gasteiger partial charge in [-0.3, -0.25) is 4.57 Å². The van der Waals surface area contributed by atoms with E-state index in [0.717, 1.165) is 23.3 Å². The van der Waals surface area contributed by atoms with Crippen LogP contribution in [0.2, 0.25) is 0 Å². The largest absolute Gasteiger partial charge is 0.418 e. The van der Waals surface area contributed by atoms with Gasteiger partial charge in [0, 0.05) is 5.69 Å². The molecule has 3 aromatic rings. The molecule has 0 aliphatic carbocycles. The van der Waals surface area contributed by atoms with Crippen molar-refractivity contribution in [2.24, 2.45) is 0 Å². The number of para-hydroxylation sites is 1. The number of urea groups is 1. The average molecular weight is 390 g/mol. The Bertz CT molecular complexity index is 1010. The summed E-state index contributed by atoms with van der Waals surface area (Å²) >= 11 is 0. The van der Waals surface area contributed by atoms with Crippen LogP contribution < -0.4 is 10.6 Å². The van der Waals surface area contributed by atoms with Crippen molar-refractivity contribution >= 4 is 17.4 Å². The number of amides is 2. The predicted octanol–water partition coefficient (Wildman–Crippen LogP) is 4.25. The Morgan fingerprint density at radius 1 is 1.04 bits per heavy atom. The molecule has 0 atom stereocenters. The number of aryl methyl sites for hydroxylation is 2. The number of imidazole rings is 1. The fourth-order valence-electron chi connectivity index (χ4n) is 2.70. The molecule has 0 fully saturated rings. The summed E-state index contributed by atoms with van der Waals surface area (Å²) in [6, 6.07) is 3.89. The normalized spacial score (nSPS) is 11.4. The minimum atomic E-state index is -4.58. The molecule has 0 saturated carbocycles. The number of nitrogens with zero attached hydrogens (tertiary/aromatic N) is 4. The number of halogens is 3. The van der Waals surface area contributed by atoms with Gasteiger partial charge >= 0.3 is 12.2 Å². The summed E-state index contributed by atoms with van der Waals surface area (Å²) in [5.74, 6) is 1.10. The molecule has 3 rings (SSSR count). The molecular formula is C18H17F3N6O. The minimum absolute atomic E-state index is 0.234. The molecular weight excluding hydrogens is 373 g/mol. The lowest BCUT2D eigenvalue weighted by molar-refractivity contribution is -0.136. The summed E-state index contributed by atoms with van der Waals surface area (Å²) in [6.45, 7) is 5.58. The molecule has 0 unspecified atom stereocenters. The van der Waals surface area contributed by atoms with E-state index in [1.165, 1.54) is 30.6 Å². The molecule has 2 aromatic heterocycles. The van der Waals surface area contributed by atoms with Gasteiger partial charge in [-0.2, -0.15) is 13.2 Å². The van der Waals surface area contributed by atoms with Gasteiger partial charge in [-0.25, -0.2) is 19.7 Å². The van der Waals surface area contributed by atoms with Crippen LogP contribution in [0.1, 0.15) is 22.8 Å². The van der Waals surface area contributed by atoms with Gasteiger partial charge in [0.2, 0.25) is 5.95 Å². The Kier molecular flexibility index (Phi) is 5.04. The Morgan fingerprint density at radius 3 is 2.25 bits per heavy atom. The zero-order chi connectivity index (χ0) is 20.5. The first-order valence-electron chi connectivity index (χ1n) is 8.26. The molecule has 2 amide bonds. The van der Waals surface area contributed by atoms with Gasteiger partial charge < -0.3 is 10.6 Å². The van der Waals surface area contributed by atoms with Gasteiger partial charge in [-0.1, -0.05) is 12.1 Å². The molecule has 2 heterocycles. The zero-order valence-corrected chi connectivity index (χ0v) is 15.3. The van der Waals surface area contributed by atoms with E-state index in [0.29, 0.717) is 5.95 Å². The van der Waals surface area contributed by atoms with Crippen molar-refractivity contribution in [3.63, 3.8) is 0 Å². The third kappa shape index (κ3) is 3.95. The first-order valence-corrected chi connectivity index (χ1v) is 8.26. The first kappa shape index (κ1) is 19.3. The van der Waals surface area contributed by atoms with E-state index in [-0.39, 0.29) is 11.4 Å². The lowest BCUT2D eigenvalue weighted by Gasteiger charge is -2.14. The number of rotatable bonds is 3. The average Bonchev–Trinajstić information content (AvgIpc) is 2.87. The molecule has 7 nitrogen and oxygen atoms in total. The molecule has 28 heavy (non-hydrogen) atoms. The van der Waals surface area contributed by atoms with E-state index in [1.54, 1.807) is 4.57 Å². The van der Waals surface area contributed by atoms with Crippen molar-refractivity contribution < 1.29 is 18.0 Å². The second-order valence-corrected chi connectivity index (χ2v) is 6.06. The molecule has 2 N–H and O–H groups in total. The number of alkyl halides is 3. The maximum atomic E-state index is 13.0. The number of carbonyl (C=O) groups is 1. The maximum Gasteiger partial charge on any atom is 0.418 e. The smallest absolute Gasteiger partial charge is 0.307 e. The standard InChI is InChI=1S/C18H17F3N6O/c1-10-11(2)27(12(3)24-10)16-22-8-13(9-23-16)25-17(28)26-15-7-5-4-6-14(15)18(19,20)21/h4-9H,1-3H3,(H2,25,26,28). The second-order valence-electron chi connectivity index (χ2n) is 6.06. The summed E-state index contributed by atoms with van der Waals surface area (Å²) in [5, 5.41) is 4.61. The van der Waals surface area contributed by atoms with Crippen LogP contribution in [-0.2, 0) is 6.18 Å². The van der Waals surface area contributed by atoms with Gasteiger partial charge in [0.1, 0.15) is 5.82 Å². The second kappa shape index (κ2) is 7.29. The monoisotopic (exact) mass is 390 g/mol. The van der Waals surface area contributed by atoms with Gasteiger partial charge in [-0.05, 0) is 32.9 Å². The van der Waals surface area contributed by atoms with Crippen molar-refractivity contribution in [1.82, 2.24) is 19.5 Å². The summed E-state index contributed by atoms with van der Waals surface area (Å²) in [4.78, 5) is 24.8. The third-order valence-electron chi connectivity index (χ3n) is 4.09. The van der Waals surface area contributed by atoms with Crippen LogP contribution in [0.15, 0.2) is 36.7 Å². The highest BCUT2D eigenvalue weighted by Crippen LogP contribution is 2.34. The Hall–Kier alpha value is -3.43. The van der Waals surface area contributed by atoms with Crippen LogP contribution in [0.3, 0.4) is 0 Å². The summed E-state index contributed by atoms with van der Waals surface area (Å²) in [7, 11) is 0. The fourth-order valence-corrected chi connectivity index (χ4v) is 2.70. The fraction of sp³-hybridized carbons (Fsp3) is 0.222. The highest BCUT2D eigenvalue weighted by molar-refractivity contribution is 6.00. The van der Waals surface area contributed by atoms with Crippen LogP contribution in [0.25, 0.3) is 5.95 Å². The van der Waals surface area contributed by atoms with Gasteiger partial charge in [0.05, 0.1) is 35.0 Å². The maximum absolute atomic E-state index is 13.0. The number of nitrogens with one attached hydrogen (secondary N) is 2. The van der Waals surface area contributed by atoms with Gasteiger partial charge in [0.25, 0.3) is 0 Å². The molecule has 146 valence electrons. The Labute approximate surface area is 158 Å². The van der Waals surface area contributed by atoms with Gasteiger partial charge in [0.15, 0.2) is 0 Å². The summed E-state index contributed by atoms with van der Waals surface area (Å²) in [5.41, 5.74) is 0.701. The quantitative estimate of drug-likeness (QED) is 0.700. The summed E-state index contributed by atoms with van der Waals surface area (Å²) < 4.78 is 40.8. The molecule has 0 spiro atoms.